The molecule has 182 valence electrons. The van der Waals surface area contributed by atoms with Crippen molar-refractivity contribution in [3.05, 3.63) is 118 Å². The van der Waals surface area contributed by atoms with Crippen LogP contribution in [0.3, 0.4) is 0 Å². The first-order valence-corrected chi connectivity index (χ1v) is 12.9. The highest BCUT2D eigenvalue weighted by atomic mass is 35.5. The van der Waals surface area contributed by atoms with Gasteiger partial charge in [-0.15, -0.1) is 11.3 Å². The van der Waals surface area contributed by atoms with Gasteiger partial charge in [0.2, 0.25) is 0 Å². The van der Waals surface area contributed by atoms with Gasteiger partial charge >= 0.3 is 5.97 Å². The standard InChI is InChI=1S/C30H25ClFNO2S/c1-3-25(26-15-14-24(32)17-27(26)31)30(23-12-10-21(11-13-23)28-18-33-19-36-28)22-8-5-20(6-9-22)7-16-29(34)35-4-2/h5-19H,3-4H2,1-2H3/b16-7+,30-25+. The lowest BCUT2D eigenvalue weighted by molar-refractivity contribution is -0.137. The van der Waals surface area contributed by atoms with E-state index in [1.165, 1.54) is 18.2 Å². The third kappa shape index (κ3) is 5.99. The normalized spacial score (nSPS) is 12.0. The lowest BCUT2D eigenvalue weighted by atomic mass is 9.87. The fraction of sp³-hybridized carbons (Fsp3) is 0.133. The number of hydrogen-bond donors (Lipinski definition) is 0. The molecular formula is C30H25ClFNO2S. The Bertz CT molecular complexity index is 1390. The fourth-order valence-electron chi connectivity index (χ4n) is 4.03. The number of carbonyl (C=O) groups excluding carboxylic acids is 1. The van der Waals surface area contributed by atoms with Crippen molar-refractivity contribution < 1.29 is 13.9 Å². The third-order valence-corrected chi connectivity index (χ3v) is 6.83. The van der Waals surface area contributed by atoms with Gasteiger partial charge in [0.05, 0.1) is 22.0 Å². The van der Waals surface area contributed by atoms with Crippen molar-refractivity contribution in [2.24, 2.45) is 0 Å². The number of halogens is 2. The predicted molar refractivity (Wildman–Crippen MR) is 147 cm³/mol. The van der Waals surface area contributed by atoms with Gasteiger partial charge < -0.3 is 4.74 Å². The lowest BCUT2D eigenvalue weighted by Crippen LogP contribution is -1.98. The monoisotopic (exact) mass is 517 g/mol. The molecule has 1 aromatic heterocycles. The summed E-state index contributed by atoms with van der Waals surface area (Å²) in [5.41, 5.74) is 8.64. The molecule has 0 N–H and O–H groups in total. The van der Waals surface area contributed by atoms with Crippen molar-refractivity contribution in [1.82, 2.24) is 4.98 Å². The van der Waals surface area contributed by atoms with Crippen molar-refractivity contribution >= 4 is 46.1 Å². The minimum Gasteiger partial charge on any atom is -0.463 e. The Labute approximate surface area is 219 Å². The molecule has 0 aliphatic rings. The van der Waals surface area contributed by atoms with Gasteiger partial charge in [-0.2, -0.15) is 0 Å². The Kier molecular flexibility index (Phi) is 8.47. The number of aromatic nitrogens is 1. The van der Waals surface area contributed by atoms with Gasteiger partial charge in [0.25, 0.3) is 0 Å². The second kappa shape index (κ2) is 11.9. The number of esters is 1. The molecule has 36 heavy (non-hydrogen) atoms. The van der Waals surface area contributed by atoms with Crippen LogP contribution in [0.4, 0.5) is 4.39 Å². The number of thiazole rings is 1. The maximum absolute atomic E-state index is 13.8. The SMILES string of the molecule is CCOC(=O)/C=C/c1ccc(/C(=C(/CC)c2ccc(F)cc2Cl)c2ccc(-c3cncs3)cc2)cc1. The van der Waals surface area contributed by atoms with Gasteiger partial charge in [-0.25, -0.2) is 9.18 Å². The number of benzene rings is 3. The van der Waals surface area contributed by atoms with Crippen molar-refractivity contribution in [2.45, 2.75) is 20.3 Å². The van der Waals surface area contributed by atoms with Gasteiger partial charge in [-0.05, 0) is 70.5 Å². The summed E-state index contributed by atoms with van der Waals surface area (Å²) >= 11 is 8.10. The van der Waals surface area contributed by atoms with E-state index < -0.39 is 0 Å². The van der Waals surface area contributed by atoms with Crippen LogP contribution in [0, 0.1) is 5.82 Å². The summed E-state index contributed by atoms with van der Waals surface area (Å²) in [6, 6.07) is 20.8. The second-order valence-corrected chi connectivity index (χ2v) is 9.28. The number of nitrogens with zero attached hydrogens (tertiary/aromatic N) is 1. The van der Waals surface area contributed by atoms with E-state index in [4.69, 9.17) is 16.3 Å². The molecule has 0 aliphatic carbocycles. The maximum Gasteiger partial charge on any atom is 0.330 e. The van der Waals surface area contributed by atoms with Crippen LogP contribution in [-0.4, -0.2) is 17.6 Å². The molecule has 0 amide bonds. The zero-order valence-corrected chi connectivity index (χ0v) is 21.6. The molecule has 0 fully saturated rings. The number of hydrogen-bond acceptors (Lipinski definition) is 4. The summed E-state index contributed by atoms with van der Waals surface area (Å²) in [4.78, 5) is 16.9. The highest BCUT2D eigenvalue weighted by Gasteiger charge is 2.16. The van der Waals surface area contributed by atoms with Gasteiger partial charge in [0, 0.05) is 12.3 Å². The van der Waals surface area contributed by atoms with E-state index in [2.05, 4.69) is 36.2 Å². The Morgan fingerprint density at radius 2 is 1.72 bits per heavy atom. The van der Waals surface area contributed by atoms with E-state index in [-0.39, 0.29) is 11.8 Å². The van der Waals surface area contributed by atoms with Crippen LogP contribution in [0.1, 0.15) is 42.5 Å². The summed E-state index contributed by atoms with van der Waals surface area (Å²) in [6.07, 6.45) is 5.70. The van der Waals surface area contributed by atoms with E-state index in [1.807, 2.05) is 36.0 Å². The first kappa shape index (κ1) is 25.5. The molecule has 0 saturated carbocycles. The highest BCUT2D eigenvalue weighted by Crippen LogP contribution is 2.38. The zero-order chi connectivity index (χ0) is 25.5. The molecule has 1 heterocycles. The molecule has 0 unspecified atom stereocenters. The molecule has 0 radical (unpaired) electrons. The predicted octanol–water partition coefficient (Wildman–Crippen LogP) is 8.55. The first-order valence-electron chi connectivity index (χ1n) is 11.6. The van der Waals surface area contributed by atoms with Crippen LogP contribution in [-0.2, 0) is 9.53 Å². The van der Waals surface area contributed by atoms with Crippen LogP contribution < -0.4 is 0 Å². The Hall–Kier alpha value is -3.54. The molecule has 4 aromatic rings. The van der Waals surface area contributed by atoms with Crippen LogP contribution in [0.2, 0.25) is 5.02 Å². The minimum absolute atomic E-state index is 0.337. The van der Waals surface area contributed by atoms with E-state index in [0.29, 0.717) is 18.1 Å². The molecule has 0 atom stereocenters. The first-order chi connectivity index (χ1) is 17.5. The molecule has 0 aliphatic heterocycles. The minimum atomic E-state index is -0.373. The average molecular weight is 518 g/mol. The summed E-state index contributed by atoms with van der Waals surface area (Å²) in [7, 11) is 0. The Balaban J connectivity index is 1.81. The highest BCUT2D eigenvalue weighted by molar-refractivity contribution is 7.13. The fourth-order valence-corrected chi connectivity index (χ4v) is 4.94. The topological polar surface area (TPSA) is 39.2 Å². The number of allylic oxidation sites excluding steroid dienone is 1. The van der Waals surface area contributed by atoms with Crippen molar-refractivity contribution in [1.29, 1.82) is 0 Å². The van der Waals surface area contributed by atoms with E-state index in [9.17, 15) is 9.18 Å². The molecule has 3 aromatic carbocycles. The zero-order valence-electron chi connectivity index (χ0n) is 20.0. The quantitative estimate of drug-likeness (QED) is 0.133. The van der Waals surface area contributed by atoms with Gasteiger partial charge in [0.15, 0.2) is 0 Å². The molecule has 0 spiro atoms. The smallest absolute Gasteiger partial charge is 0.330 e. The second-order valence-electron chi connectivity index (χ2n) is 7.98. The largest absolute Gasteiger partial charge is 0.463 e. The number of ether oxygens (including phenoxy) is 1. The molecule has 4 rings (SSSR count). The van der Waals surface area contributed by atoms with Crippen molar-refractivity contribution in [3.63, 3.8) is 0 Å². The summed E-state index contributed by atoms with van der Waals surface area (Å²) < 4.78 is 18.8. The summed E-state index contributed by atoms with van der Waals surface area (Å²) in [6.45, 7) is 4.18. The lowest BCUT2D eigenvalue weighted by Gasteiger charge is -2.18. The van der Waals surface area contributed by atoms with E-state index >= 15 is 0 Å². The van der Waals surface area contributed by atoms with Gasteiger partial charge in [-0.3, -0.25) is 4.98 Å². The third-order valence-electron chi connectivity index (χ3n) is 5.70. The van der Waals surface area contributed by atoms with Crippen LogP contribution in [0.15, 0.2) is 84.5 Å². The molecule has 0 saturated heterocycles. The molecule has 6 heteroatoms. The number of carbonyl (C=O) groups is 1. The van der Waals surface area contributed by atoms with Gasteiger partial charge in [0.1, 0.15) is 5.82 Å². The number of rotatable bonds is 8. The summed E-state index contributed by atoms with van der Waals surface area (Å²) in [5.74, 6) is -0.741. The molecule has 3 nitrogen and oxygen atoms in total. The van der Waals surface area contributed by atoms with E-state index in [1.54, 1.807) is 30.4 Å². The maximum atomic E-state index is 13.8. The Morgan fingerprint density at radius 1 is 1.03 bits per heavy atom. The van der Waals surface area contributed by atoms with Gasteiger partial charge in [-0.1, -0.05) is 73.1 Å². The van der Waals surface area contributed by atoms with Crippen molar-refractivity contribution in [2.75, 3.05) is 6.61 Å². The van der Waals surface area contributed by atoms with Crippen molar-refractivity contribution in [3.8, 4) is 10.4 Å². The Morgan fingerprint density at radius 3 is 2.31 bits per heavy atom. The molecule has 0 bridgehead atoms. The van der Waals surface area contributed by atoms with Crippen LogP contribution >= 0.6 is 22.9 Å². The van der Waals surface area contributed by atoms with Crippen LogP contribution in [0.5, 0.6) is 0 Å². The van der Waals surface area contributed by atoms with E-state index in [0.717, 1.165) is 43.8 Å². The summed E-state index contributed by atoms with van der Waals surface area (Å²) in [5, 5.41) is 0.375. The molecular weight excluding hydrogens is 493 g/mol. The van der Waals surface area contributed by atoms with Crippen LogP contribution in [0.25, 0.3) is 27.7 Å². The average Bonchev–Trinajstić information content (AvgIpc) is 3.43.